The molecule has 3 heteroatoms. The van der Waals surface area contributed by atoms with E-state index < -0.39 is 0 Å². The van der Waals surface area contributed by atoms with Crippen LogP contribution in [0, 0.1) is 5.92 Å². The van der Waals surface area contributed by atoms with Crippen molar-refractivity contribution in [1.82, 2.24) is 5.32 Å². The maximum Gasteiger partial charge on any atom is 0.0717 e. The summed E-state index contributed by atoms with van der Waals surface area (Å²) in [5.41, 5.74) is 1.24. The number of hydrogen-bond donors (Lipinski definition) is 1. The van der Waals surface area contributed by atoms with Gasteiger partial charge in [0.25, 0.3) is 0 Å². The van der Waals surface area contributed by atoms with Crippen LogP contribution in [0.15, 0.2) is 28.7 Å². The van der Waals surface area contributed by atoms with Crippen LogP contribution >= 0.6 is 15.9 Å². The number of ether oxygens (including phenoxy) is 1. The minimum atomic E-state index is 0.698. The molecule has 0 amide bonds. The van der Waals surface area contributed by atoms with Crippen LogP contribution < -0.4 is 5.32 Å². The lowest BCUT2D eigenvalue weighted by molar-refractivity contribution is 0.0783. The van der Waals surface area contributed by atoms with E-state index in [1.165, 1.54) is 24.9 Å². The molecule has 0 spiro atoms. The maximum absolute atomic E-state index is 5.74. The Balaban J connectivity index is 1.69. The highest BCUT2D eigenvalue weighted by molar-refractivity contribution is 9.10. The first kappa shape index (κ1) is 12.1. The Morgan fingerprint density at radius 1 is 1.31 bits per heavy atom. The van der Waals surface area contributed by atoms with Crippen LogP contribution in [-0.2, 0) is 11.3 Å². The second-order valence-corrected chi connectivity index (χ2v) is 5.27. The highest BCUT2D eigenvalue weighted by Gasteiger charge is 2.12. The summed E-state index contributed by atoms with van der Waals surface area (Å²) >= 11 is 3.43. The van der Waals surface area contributed by atoms with E-state index in [0.717, 1.165) is 24.2 Å². The van der Waals surface area contributed by atoms with Crippen molar-refractivity contribution in [1.29, 1.82) is 0 Å². The molecule has 1 atom stereocenters. The van der Waals surface area contributed by atoms with Crippen LogP contribution in [0.3, 0.4) is 0 Å². The van der Waals surface area contributed by atoms with Crippen LogP contribution in [0.1, 0.15) is 18.4 Å². The summed E-state index contributed by atoms with van der Waals surface area (Å²) < 4.78 is 6.86. The zero-order chi connectivity index (χ0) is 11.2. The number of rotatable bonds is 4. The first-order chi connectivity index (χ1) is 7.84. The van der Waals surface area contributed by atoms with Gasteiger partial charge in [-0.15, -0.1) is 0 Å². The number of halogens is 1. The van der Waals surface area contributed by atoms with Gasteiger partial charge in [0.1, 0.15) is 0 Å². The lowest BCUT2D eigenvalue weighted by atomic mass is 10.0. The van der Waals surface area contributed by atoms with Gasteiger partial charge in [0.2, 0.25) is 0 Å². The molecule has 1 aromatic carbocycles. The molecule has 16 heavy (non-hydrogen) atoms. The molecule has 0 saturated carbocycles. The van der Waals surface area contributed by atoms with Crippen molar-refractivity contribution in [3.8, 4) is 0 Å². The molecular formula is C13H18BrNO. The van der Waals surface area contributed by atoms with Gasteiger partial charge in [-0.05, 0) is 43.0 Å². The summed E-state index contributed by atoms with van der Waals surface area (Å²) in [7, 11) is 0. The molecule has 2 rings (SSSR count). The molecule has 0 aliphatic carbocycles. The van der Waals surface area contributed by atoms with E-state index in [1.807, 2.05) is 0 Å². The van der Waals surface area contributed by atoms with Crippen molar-refractivity contribution < 1.29 is 4.74 Å². The third kappa shape index (κ3) is 3.89. The van der Waals surface area contributed by atoms with Gasteiger partial charge in [0.15, 0.2) is 0 Å². The van der Waals surface area contributed by atoms with Gasteiger partial charge in [-0.3, -0.25) is 0 Å². The van der Waals surface area contributed by atoms with Gasteiger partial charge in [0.05, 0.1) is 13.2 Å². The molecule has 2 nitrogen and oxygen atoms in total. The van der Waals surface area contributed by atoms with Gasteiger partial charge in [-0.25, -0.2) is 0 Å². The Bertz CT molecular complexity index is 306. The van der Waals surface area contributed by atoms with Crippen molar-refractivity contribution in [3.05, 3.63) is 34.3 Å². The van der Waals surface area contributed by atoms with Gasteiger partial charge < -0.3 is 10.1 Å². The second kappa shape index (κ2) is 6.38. The molecule has 88 valence electrons. The molecule has 1 aliphatic rings. The fourth-order valence-electron chi connectivity index (χ4n) is 1.99. The van der Waals surface area contributed by atoms with E-state index in [1.54, 1.807) is 0 Å². The largest absolute Gasteiger partial charge is 0.376 e. The summed E-state index contributed by atoms with van der Waals surface area (Å²) in [6.07, 6.45) is 2.58. The van der Waals surface area contributed by atoms with E-state index in [9.17, 15) is 0 Å². The van der Waals surface area contributed by atoms with Crippen molar-refractivity contribution in [3.63, 3.8) is 0 Å². The average molecular weight is 284 g/mol. The van der Waals surface area contributed by atoms with E-state index in [0.29, 0.717) is 5.92 Å². The third-order valence-corrected chi connectivity index (χ3v) is 3.46. The number of benzene rings is 1. The van der Waals surface area contributed by atoms with Gasteiger partial charge >= 0.3 is 0 Å². The van der Waals surface area contributed by atoms with Crippen molar-refractivity contribution in [2.45, 2.75) is 19.4 Å². The Labute approximate surface area is 106 Å². The lowest BCUT2D eigenvalue weighted by Crippen LogP contribution is -2.32. The van der Waals surface area contributed by atoms with Crippen molar-refractivity contribution >= 4 is 15.9 Å². The predicted molar refractivity (Wildman–Crippen MR) is 69.4 cm³/mol. The normalized spacial score (nSPS) is 20.9. The van der Waals surface area contributed by atoms with E-state index in [4.69, 9.17) is 4.74 Å². The highest BCUT2D eigenvalue weighted by Crippen LogP contribution is 2.13. The van der Waals surface area contributed by atoms with Crippen LogP contribution in [-0.4, -0.2) is 19.7 Å². The van der Waals surface area contributed by atoms with E-state index >= 15 is 0 Å². The minimum Gasteiger partial charge on any atom is -0.376 e. The molecule has 1 unspecified atom stereocenters. The Morgan fingerprint density at radius 3 is 2.81 bits per heavy atom. The number of nitrogens with one attached hydrogen (secondary N) is 1. The molecule has 1 fully saturated rings. The summed E-state index contributed by atoms with van der Waals surface area (Å²) in [6, 6.07) is 8.31. The lowest BCUT2D eigenvalue weighted by Gasteiger charge is -2.22. The Hall–Kier alpha value is -0.380. The highest BCUT2D eigenvalue weighted by atomic mass is 79.9. The van der Waals surface area contributed by atoms with Gasteiger partial charge in [-0.2, -0.15) is 0 Å². The number of piperidine rings is 1. The maximum atomic E-state index is 5.74. The molecular weight excluding hydrogens is 266 g/mol. The first-order valence-electron chi connectivity index (χ1n) is 5.87. The minimum absolute atomic E-state index is 0.698. The number of hydrogen-bond acceptors (Lipinski definition) is 2. The first-order valence-corrected chi connectivity index (χ1v) is 6.67. The molecule has 0 aromatic heterocycles. The SMILES string of the molecule is Brc1ccc(COCC2CCCNC2)cc1. The van der Waals surface area contributed by atoms with Crippen LogP contribution in [0.5, 0.6) is 0 Å². The van der Waals surface area contributed by atoms with Crippen LogP contribution in [0.4, 0.5) is 0 Å². The second-order valence-electron chi connectivity index (χ2n) is 4.35. The van der Waals surface area contributed by atoms with Crippen LogP contribution in [0.25, 0.3) is 0 Å². The third-order valence-electron chi connectivity index (χ3n) is 2.93. The molecule has 1 saturated heterocycles. The molecule has 0 radical (unpaired) electrons. The molecule has 1 aromatic rings. The molecule has 0 bridgehead atoms. The monoisotopic (exact) mass is 283 g/mol. The smallest absolute Gasteiger partial charge is 0.0717 e. The van der Waals surface area contributed by atoms with Crippen LogP contribution in [0.2, 0.25) is 0 Å². The Morgan fingerprint density at radius 2 is 2.12 bits per heavy atom. The molecule has 1 aliphatic heterocycles. The Kier molecular flexibility index (Phi) is 4.82. The fraction of sp³-hybridized carbons (Fsp3) is 0.538. The standard InChI is InChI=1S/C13H18BrNO/c14-13-5-3-11(4-6-13)9-16-10-12-2-1-7-15-8-12/h3-6,12,15H,1-2,7-10H2. The quantitative estimate of drug-likeness (QED) is 0.917. The van der Waals surface area contributed by atoms with E-state index in [2.05, 4.69) is 45.5 Å². The topological polar surface area (TPSA) is 21.3 Å². The molecule has 1 heterocycles. The summed E-state index contributed by atoms with van der Waals surface area (Å²) in [4.78, 5) is 0. The van der Waals surface area contributed by atoms with Crippen molar-refractivity contribution in [2.24, 2.45) is 5.92 Å². The summed E-state index contributed by atoms with van der Waals surface area (Å²) in [5.74, 6) is 0.698. The zero-order valence-corrected chi connectivity index (χ0v) is 11.0. The summed E-state index contributed by atoms with van der Waals surface area (Å²) in [6.45, 7) is 3.89. The zero-order valence-electron chi connectivity index (χ0n) is 9.42. The predicted octanol–water partition coefficient (Wildman–Crippen LogP) is 2.97. The van der Waals surface area contributed by atoms with Gasteiger partial charge in [-0.1, -0.05) is 28.1 Å². The fourth-order valence-corrected chi connectivity index (χ4v) is 2.25. The van der Waals surface area contributed by atoms with E-state index in [-0.39, 0.29) is 0 Å². The molecule has 1 N–H and O–H groups in total. The summed E-state index contributed by atoms with van der Waals surface area (Å²) in [5, 5.41) is 3.40. The average Bonchev–Trinajstić information content (AvgIpc) is 2.33. The van der Waals surface area contributed by atoms with Gasteiger partial charge in [0, 0.05) is 11.0 Å². The van der Waals surface area contributed by atoms with Crippen molar-refractivity contribution in [2.75, 3.05) is 19.7 Å².